The van der Waals surface area contributed by atoms with E-state index in [0.717, 1.165) is 0 Å². The lowest BCUT2D eigenvalue weighted by atomic mass is 10.2. The normalized spacial score (nSPS) is 10.4. The van der Waals surface area contributed by atoms with Gasteiger partial charge in [-0.05, 0) is 56.2 Å². The summed E-state index contributed by atoms with van der Waals surface area (Å²) in [6.07, 6.45) is 0. The van der Waals surface area contributed by atoms with Gasteiger partial charge in [0.15, 0.2) is 0 Å². The third kappa shape index (κ3) is 2.89. The van der Waals surface area contributed by atoms with E-state index in [1.807, 2.05) is 11.8 Å². The second kappa shape index (κ2) is 4.75. The van der Waals surface area contributed by atoms with Crippen LogP contribution in [0.3, 0.4) is 0 Å². The van der Waals surface area contributed by atoms with E-state index in [2.05, 4.69) is 63.2 Å². The van der Waals surface area contributed by atoms with Gasteiger partial charge in [0.25, 0.3) is 0 Å². The first kappa shape index (κ1) is 11.3. The lowest BCUT2D eigenvalue weighted by Crippen LogP contribution is -1.80. The van der Waals surface area contributed by atoms with Crippen LogP contribution >= 0.6 is 11.8 Å². The third-order valence-electron chi connectivity index (χ3n) is 2.42. The van der Waals surface area contributed by atoms with Gasteiger partial charge in [-0.25, -0.2) is 0 Å². The molecule has 0 spiro atoms. The average Bonchev–Trinajstić information content (AvgIpc) is 2.15. The molecule has 2 aromatic carbocycles. The summed E-state index contributed by atoms with van der Waals surface area (Å²) in [4.78, 5) is 2.63. The maximum Gasteiger partial charge on any atom is 0.0127 e. The van der Waals surface area contributed by atoms with Crippen molar-refractivity contribution in [3.63, 3.8) is 0 Å². The Morgan fingerprint density at radius 3 is 1.94 bits per heavy atom. The first-order valence-corrected chi connectivity index (χ1v) is 6.28. The van der Waals surface area contributed by atoms with Gasteiger partial charge in [-0.1, -0.05) is 35.5 Å². The van der Waals surface area contributed by atoms with Gasteiger partial charge in [0, 0.05) is 9.79 Å². The van der Waals surface area contributed by atoms with Crippen molar-refractivity contribution in [3.05, 3.63) is 59.2 Å². The van der Waals surface area contributed by atoms with Crippen LogP contribution in [0.15, 0.2) is 52.3 Å². The minimum absolute atomic E-state index is 1.31. The highest BCUT2D eigenvalue weighted by Crippen LogP contribution is 2.29. The minimum atomic E-state index is 1.31. The molecule has 0 nitrogen and oxygen atoms in total. The Balaban J connectivity index is 2.27. The molecule has 2 aromatic rings. The largest absolute Gasteiger partial charge is 0.0901 e. The van der Waals surface area contributed by atoms with Gasteiger partial charge in [-0.15, -0.1) is 0 Å². The van der Waals surface area contributed by atoms with Crippen LogP contribution in [0.4, 0.5) is 0 Å². The predicted octanol–water partition coefficient (Wildman–Crippen LogP) is 4.76. The van der Waals surface area contributed by atoms with E-state index < -0.39 is 0 Å². The van der Waals surface area contributed by atoms with Crippen LogP contribution in [0.25, 0.3) is 0 Å². The molecule has 0 radical (unpaired) electrons. The van der Waals surface area contributed by atoms with E-state index in [4.69, 9.17) is 0 Å². The molecule has 16 heavy (non-hydrogen) atoms. The highest BCUT2D eigenvalue weighted by Gasteiger charge is 1.99. The number of rotatable bonds is 2. The molecular formula is C15H16S. The quantitative estimate of drug-likeness (QED) is 0.714. The maximum absolute atomic E-state index is 2.24. The van der Waals surface area contributed by atoms with Crippen LogP contribution in [0, 0.1) is 20.8 Å². The average molecular weight is 228 g/mol. The lowest BCUT2D eigenvalue weighted by Gasteiger charge is -2.05. The standard InChI is InChI=1S/C15H16S/c1-11-5-4-6-14(8-11)16-15-9-12(2)7-13(3)10-15/h4-10H,1-3H3. The van der Waals surface area contributed by atoms with Gasteiger partial charge in [0.1, 0.15) is 0 Å². The third-order valence-corrected chi connectivity index (χ3v) is 3.38. The van der Waals surface area contributed by atoms with Crippen molar-refractivity contribution in [2.45, 2.75) is 30.6 Å². The van der Waals surface area contributed by atoms with E-state index in [9.17, 15) is 0 Å². The van der Waals surface area contributed by atoms with Crippen LogP contribution in [0.5, 0.6) is 0 Å². The van der Waals surface area contributed by atoms with Gasteiger partial charge in [0.2, 0.25) is 0 Å². The molecule has 0 saturated heterocycles. The zero-order valence-electron chi connectivity index (χ0n) is 9.95. The fraction of sp³-hybridized carbons (Fsp3) is 0.200. The first-order valence-electron chi connectivity index (χ1n) is 5.46. The molecule has 0 aliphatic rings. The Labute approximate surface area is 102 Å². The van der Waals surface area contributed by atoms with Crippen LogP contribution in [0.1, 0.15) is 16.7 Å². The topological polar surface area (TPSA) is 0 Å². The summed E-state index contributed by atoms with van der Waals surface area (Å²) in [5, 5.41) is 0. The van der Waals surface area contributed by atoms with Crippen molar-refractivity contribution < 1.29 is 0 Å². The van der Waals surface area contributed by atoms with Crippen molar-refractivity contribution in [2.75, 3.05) is 0 Å². The monoisotopic (exact) mass is 228 g/mol. The van der Waals surface area contributed by atoms with Crippen molar-refractivity contribution >= 4 is 11.8 Å². The molecule has 1 heteroatoms. The highest BCUT2D eigenvalue weighted by molar-refractivity contribution is 7.99. The number of benzene rings is 2. The molecule has 0 amide bonds. The molecule has 0 saturated carbocycles. The maximum atomic E-state index is 2.24. The Hall–Kier alpha value is -1.21. The second-order valence-electron chi connectivity index (χ2n) is 4.24. The molecule has 0 unspecified atom stereocenters. The van der Waals surface area contributed by atoms with Crippen LogP contribution in [-0.2, 0) is 0 Å². The number of aryl methyl sites for hydroxylation is 3. The van der Waals surface area contributed by atoms with Gasteiger partial charge in [-0.2, -0.15) is 0 Å². The fourth-order valence-corrected chi connectivity index (χ4v) is 2.96. The van der Waals surface area contributed by atoms with Crippen LogP contribution < -0.4 is 0 Å². The van der Waals surface area contributed by atoms with Crippen molar-refractivity contribution in [1.29, 1.82) is 0 Å². The van der Waals surface area contributed by atoms with Crippen molar-refractivity contribution in [3.8, 4) is 0 Å². The predicted molar refractivity (Wildman–Crippen MR) is 71.2 cm³/mol. The Morgan fingerprint density at radius 1 is 0.688 bits per heavy atom. The molecule has 0 aliphatic carbocycles. The number of hydrogen-bond acceptors (Lipinski definition) is 1. The van der Waals surface area contributed by atoms with Crippen LogP contribution in [-0.4, -0.2) is 0 Å². The summed E-state index contributed by atoms with van der Waals surface area (Å²) in [6, 6.07) is 15.3. The second-order valence-corrected chi connectivity index (χ2v) is 5.39. The summed E-state index contributed by atoms with van der Waals surface area (Å²) < 4.78 is 0. The molecule has 0 N–H and O–H groups in total. The summed E-state index contributed by atoms with van der Waals surface area (Å²) in [7, 11) is 0. The Morgan fingerprint density at radius 2 is 1.31 bits per heavy atom. The van der Waals surface area contributed by atoms with Crippen LogP contribution in [0.2, 0.25) is 0 Å². The molecule has 0 bridgehead atoms. The zero-order chi connectivity index (χ0) is 11.5. The van der Waals surface area contributed by atoms with Gasteiger partial charge in [-0.3, -0.25) is 0 Å². The fourth-order valence-electron chi connectivity index (χ4n) is 1.81. The number of hydrogen-bond donors (Lipinski definition) is 0. The van der Waals surface area contributed by atoms with Crippen molar-refractivity contribution in [2.24, 2.45) is 0 Å². The molecule has 2 rings (SSSR count). The zero-order valence-corrected chi connectivity index (χ0v) is 10.8. The summed E-state index contributed by atoms with van der Waals surface area (Å²) in [5.74, 6) is 0. The van der Waals surface area contributed by atoms with Gasteiger partial charge < -0.3 is 0 Å². The molecule has 0 atom stereocenters. The molecule has 0 aromatic heterocycles. The van der Waals surface area contributed by atoms with Gasteiger partial charge in [0.05, 0.1) is 0 Å². The molecule has 82 valence electrons. The lowest BCUT2D eigenvalue weighted by molar-refractivity contribution is 1.28. The van der Waals surface area contributed by atoms with Crippen molar-refractivity contribution in [1.82, 2.24) is 0 Å². The molecule has 0 aliphatic heterocycles. The Bertz CT molecular complexity index is 480. The summed E-state index contributed by atoms with van der Waals surface area (Å²) in [5.41, 5.74) is 3.97. The first-order chi connectivity index (χ1) is 7.63. The SMILES string of the molecule is Cc1cccc(Sc2cc(C)cc(C)c2)c1. The summed E-state index contributed by atoms with van der Waals surface area (Å²) in [6.45, 7) is 6.42. The highest BCUT2D eigenvalue weighted by atomic mass is 32.2. The van der Waals surface area contributed by atoms with E-state index in [-0.39, 0.29) is 0 Å². The van der Waals surface area contributed by atoms with Gasteiger partial charge >= 0.3 is 0 Å². The molecule has 0 fully saturated rings. The smallest absolute Gasteiger partial charge is 0.0127 e. The van der Waals surface area contributed by atoms with E-state index in [1.54, 1.807) is 0 Å². The van der Waals surface area contributed by atoms with E-state index in [0.29, 0.717) is 0 Å². The minimum Gasteiger partial charge on any atom is -0.0901 e. The molecular weight excluding hydrogens is 212 g/mol. The summed E-state index contributed by atoms with van der Waals surface area (Å²) >= 11 is 1.83. The Kier molecular flexibility index (Phi) is 3.35. The van der Waals surface area contributed by atoms with E-state index in [1.165, 1.54) is 26.5 Å². The van der Waals surface area contributed by atoms with E-state index >= 15 is 0 Å². The molecule has 0 heterocycles.